The molecule has 1 fully saturated rings. The Labute approximate surface area is 175 Å². The third-order valence-corrected chi connectivity index (χ3v) is 5.91. The molecule has 2 amide bonds. The number of morpholine rings is 1. The van der Waals surface area contributed by atoms with Crippen LogP contribution in [0.2, 0.25) is 10.0 Å². The van der Waals surface area contributed by atoms with Crippen molar-refractivity contribution in [2.75, 3.05) is 45.2 Å². The fourth-order valence-corrected chi connectivity index (χ4v) is 4.47. The molecule has 2 aliphatic heterocycles. The summed E-state index contributed by atoms with van der Waals surface area (Å²) in [4.78, 5) is 16.4. The maximum Gasteiger partial charge on any atom is 0.321 e. The predicted octanol–water partition coefficient (Wildman–Crippen LogP) is 4.43. The van der Waals surface area contributed by atoms with Gasteiger partial charge in [-0.3, -0.25) is 0 Å². The molecule has 1 N–H and O–H groups in total. The van der Waals surface area contributed by atoms with Gasteiger partial charge in [0.05, 0.1) is 13.2 Å². The number of anilines is 1. The Morgan fingerprint density at radius 2 is 1.86 bits per heavy atom. The van der Waals surface area contributed by atoms with Crippen molar-refractivity contribution in [2.24, 2.45) is 0 Å². The number of urea groups is 1. The number of amides is 2. The standard InChI is InChI=1S/C21H23Cl2N3O2/c1-25-12-18(17-10-15(22)11-20(23)19(17)13-25)14-2-4-16(5-3-14)24-21(27)26-6-8-28-9-7-26/h2-5,10-11,18H,6-9,12-13H2,1H3,(H,24,27). The zero-order chi connectivity index (χ0) is 19.7. The molecule has 1 atom stereocenters. The van der Waals surface area contributed by atoms with Gasteiger partial charge in [-0.2, -0.15) is 0 Å². The van der Waals surface area contributed by atoms with Crippen LogP contribution in [0.3, 0.4) is 0 Å². The smallest absolute Gasteiger partial charge is 0.321 e. The summed E-state index contributed by atoms with van der Waals surface area (Å²) in [6.07, 6.45) is 0. The molecule has 2 aliphatic rings. The van der Waals surface area contributed by atoms with Crippen LogP contribution >= 0.6 is 23.2 Å². The summed E-state index contributed by atoms with van der Waals surface area (Å²) in [5.74, 6) is 0.189. The minimum absolute atomic E-state index is 0.0858. The summed E-state index contributed by atoms with van der Waals surface area (Å²) >= 11 is 12.7. The van der Waals surface area contributed by atoms with Crippen molar-refractivity contribution in [3.8, 4) is 0 Å². The zero-order valence-corrected chi connectivity index (χ0v) is 17.3. The van der Waals surface area contributed by atoms with Crippen LogP contribution in [0, 0.1) is 0 Å². The van der Waals surface area contributed by atoms with Crippen molar-refractivity contribution in [1.82, 2.24) is 9.80 Å². The average Bonchev–Trinajstić information content (AvgIpc) is 2.69. The van der Waals surface area contributed by atoms with E-state index in [4.69, 9.17) is 27.9 Å². The van der Waals surface area contributed by atoms with Crippen LogP contribution in [0.15, 0.2) is 36.4 Å². The van der Waals surface area contributed by atoms with E-state index in [-0.39, 0.29) is 11.9 Å². The maximum absolute atomic E-state index is 12.4. The molecule has 7 heteroatoms. The van der Waals surface area contributed by atoms with Crippen molar-refractivity contribution >= 4 is 34.9 Å². The Bertz CT molecular complexity index is 867. The Balaban J connectivity index is 1.54. The average molecular weight is 420 g/mol. The Morgan fingerprint density at radius 3 is 2.57 bits per heavy atom. The molecule has 0 aromatic heterocycles. The fraction of sp³-hybridized carbons (Fsp3) is 0.381. The van der Waals surface area contributed by atoms with E-state index < -0.39 is 0 Å². The summed E-state index contributed by atoms with van der Waals surface area (Å²) in [5, 5.41) is 4.34. The normalized spacial score (nSPS) is 20.0. The van der Waals surface area contributed by atoms with Gasteiger partial charge in [0.25, 0.3) is 0 Å². The highest BCUT2D eigenvalue weighted by Crippen LogP contribution is 2.38. The molecular weight excluding hydrogens is 397 g/mol. The first-order valence-corrected chi connectivity index (χ1v) is 10.2. The number of likely N-dealkylation sites (N-methyl/N-ethyl adjacent to an activating group) is 1. The van der Waals surface area contributed by atoms with E-state index in [1.165, 1.54) is 11.1 Å². The first-order chi connectivity index (χ1) is 13.5. The number of carbonyl (C=O) groups excluding carboxylic acids is 1. The van der Waals surface area contributed by atoms with Crippen LogP contribution in [0.5, 0.6) is 0 Å². The summed E-state index contributed by atoms with van der Waals surface area (Å²) in [5.41, 5.74) is 4.28. The minimum Gasteiger partial charge on any atom is -0.378 e. The van der Waals surface area contributed by atoms with E-state index in [0.29, 0.717) is 36.3 Å². The maximum atomic E-state index is 12.4. The van der Waals surface area contributed by atoms with E-state index in [9.17, 15) is 4.79 Å². The van der Waals surface area contributed by atoms with Gasteiger partial charge in [-0.1, -0.05) is 35.3 Å². The Morgan fingerprint density at radius 1 is 1.14 bits per heavy atom. The molecule has 148 valence electrons. The van der Waals surface area contributed by atoms with Crippen molar-refractivity contribution in [2.45, 2.75) is 12.5 Å². The number of nitrogens with one attached hydrogen (secondary N) is 1. The number of nitrogens with zero attached hydrogens (tertiary/aromatic N) is 2. The summed E-state index contributed by atoms with van der Waals surface area (Å²) < 4.78 is 5.29. The van der Waals surface area contributed by atoms with Crippen molar-refractivity contribution in [1.29, 1.82) is 0 Å². The molecule has 1 unspecified atom stereocenters. The molecule has 2 aromatic carbocycles. The van der Waals surface area contributed by atoms with Gasteiger partial charge >= 0.3 is 6.03 Å². The molecule has 2 aromatic rings. The largest absolute Gasteiger partial charge is 0.378 e. The van der Waals surface area contributed by atoms with Crippen LogP contribution in [-0.2, 0) is 11.3 Å². The molecule has 0 saturated carbocycles. The van der Waals surface area contributed by atoms with E-state index in [0.717, 1.165) is 24.3 Å². The molecular formula is C21H23Cl2N3O2. The van der Waals surface area contributed by atoms with E-state index in [2.05, 4.69) is 29.4 Å². The third kappa shape index (κ3) is 4.13. The number of hydrogen-bond acceptors (Lipinski definition) is 3. The monoisotopic (exact) mass is 419 g/mol. The van der Waals surface area contributed by atoms with Gasteiger partial charge < -0.3 is 19.9 Å². The van der Waals surface area contributed by atoms with Crippen LogP contribution in [-0.4, -0.2) is 55.7 Å². The van der Waals surface area contributed by atoms with Gasteiger partial charge in [0.2, 0.25) is 0 Å². The van der Waals surface area contributed by atoms with Gasteiger partial charge in [0.15, 0.2) is 0 Å². The molecule has 0 bridgehead atoms. The lowest BCUT2D eigenvalue weighted by molar-refractivity contribution is 0.0564. The molecule has 4 rings (SSSR count). The SMILES string of the molecule is CN1Cc2c(Cl)cc(Cl)cc2C(c2ccc(NC(=O)N3CCOCC3)cc2)C1. The van der Waals surface area contributed by atoms with E-state index in [1.54, 1.807) is 4.90 Å². The second-order valence-corrected chi connectivity index (χ2v) is 8.20. The number of rotatable bonds is 2. The predicted molar refractivity (Wildman–Crippen MR) is 112 cm³/mol. The van der Waals surface area contributed by atoms with Crippen molar-refractivity contribution in [3.05, 3.63) is 63.1 Å². The number of fused-ring (bicyclic) bond motifs is 1. The highest BCUT2D eigenvalue weighted by Gasteiger charge is 2.27. The lowest BCUT2D eigenvalue weighted by Gasteiger charge is -2.33. The quantitative estimate of drug-likeness (QED) is 0.782. The van der Waals surface area contributed by atoms with Gasteiger partial charge in [-0.15, -0.1) is 0 Å². The zero-order valence-electron chi connectivity index (χ0n) is 15.8. The van der Waals surface area contributed by atoms with Crippen LogP contribution in [0.1, 0.15) is 22.6 Å². The van der Waals surface area contributed by atoms with Gasteiger partial charge in [0.1, 0.15) is 0 Å². The van der Waals surface area contributed by atoms with E-state index >= 15 is 0 Å². The minimum atomic E-state index is -0.0858. The number of hydrogen-bond donors (Lipinski definition) is 1. The first-order valence-electron chi connectivity index (χ1n) is 9.41. The number of carbonyl (C=O) groups is 1. The fourth-order valence-electron chi connectivity index (χ4n) is 3.90. The lowest BCUT2D eigenvalue weighted by Crippen LogP contribution is -2.43. The molecule has 1 saturated heterocycles. The second-order valence-electron chi connectivity index (χ2n) is 7.36. The van der Waals surface area contributed by atoms with Crippen LogP contribution in [0.25, 0.3) is 0 Å². The number of halogens is 2. The highest BCUT2D eigenvalue weighted by molar-refractivity contribution is 6.35. The third-order valence-electron chi connectivity index (χ3n) is 5.36. The lowest BCUT2D eigenvalue weighted by atomic mass is 9.85. The Kier molecular flexibility index (Phi) is 5.78. The number of benzene rings is 2. The summed E-state index contributed by atoms with van der Waals surface area (Å²) in [7, 11) is 2.10. The molecule has 0 radical (unpaired) electrons. The second kappa shape index (κ2) is 8.29. The van der Waals surface area contributed by atoms with Crippen LogP contribution in [0.4, 0.5) is 10.5 Å². The van der Waals surface area contributed by atoms with Gasteiger partial charge in [0, 0.05) is 47.8 Å². The van der Waals surface area contributed by atoms with Gasteiger partial charge in [-0.25, -0.2) is 4.79 Å². The topological polar surface area (TPSA) is 44.8 Å². The molecule has 5 nitrogen and oxygen atoms in total. The summed E-state index contributed by atoms with van der Waals surface area (Å²) in [6.45, 7) is 4.13. The van der Waals surface area contributed by atoms with E-state index in [1.807, 2.05) is 24.3 Å². The highest BCUT2D eigenvalue weighted by atomic mass is 35.5. The molecule has 0 spiro atoms. The summed E-state index contributed by atoms with van der Waals surface area (Å²) in [6, 6.07) is 11.8. The molecule has 28 heavy (non-hydrogen) atoms. The van der Waals surface area contributed by atoms with Crippen molar-refractivity contribution < 1.29 is 9.53 Å². The Hall–Kier alpha value is -1.79. The van der Waals surface area contributed by atoms with Gasteiger partial charge in [-0.05, 0) is 48.0 Å². The molecule has 0 aliphatic carbocycles. The number of ether oxygens (including phenoxy) is 1. The van der Waals surface area contributed by atoms with Crippen LogP contribution < -0.4 is 5.32 Å². The van der Waals surface area contributed by atoms with Crippen molar-refractivity contribution in [3.63, 3.8) is 0 Å². The molecule has 2 heterocycles. The first kappa shape index (κ1) is 19.5.